The molecule has 0 radical (unpaired) electrons. The van der Waals surface area contributed by atoms with E-state index in [-0.39, 0.29) is 5.54 Å². The zero-order valence-electron chi connectivity index (χ0n) is 10.7. The van der Waals surface area contributed by atoms with E-state index in [2.05, 4.69) is 10.2 Å². The van der Waals surface area contributed by atoms with E-state index >= 15 is 0 Å². The Kier molecular flexibility index (Phi) is 2.95. The average Bonchev–Trinajstić information content (AvgIpc) is 2.24. The largest absolute Gasteiger partial charge is 0.416 e. The molecular formula is C13H17F3N2. The Bertz CT molecular complexity index is 452. The van der Waals surface area contributed by atoms with Crippen molar-refractivity contribution < 1.29 is 13.2 Å². The number of nitrogens with one attached hydrogen (secondary N) is 1. The third kappa shape index (κ3) is 2.40. The molecule has 0 atom stereocenters. The van der Waals surface area contributed by atoms with E-state index in [1.165, 1.54) is 6.07 Å². The van der Waals surface area contributed by atoms with E-state index in [1.54, 1.807) is 6.07 Å². The minimum absolute atomic E-state index is 0.229. The van der Waals surface area contributed by atoms with E-state index < -0.39 is 11.7 Å². The summed E-state index contributed by atoms with van der Waals surface area (Å²) in [6.45, 7) is 7.53. The Hall–Kier alpha value is -1.39. The summed E-state index contributed by atoms with van der Waals surface area (Å²) < 4.78 is 38.1. The van der Waals surface area contributed by atoms with Crippen molar-refractivity contribution in [2.75, 3.05) is 23.3 Å². The molecule has 2 rings (SSSR count). The van der Waals surface area contributed by atoms with Crippen LogP contribution in [0, 0.1) is 0 Å². The molecule has 1 N–H and O–H groups in total. The van der Waals surface area contributed by atoms with Crippen LogP contribution in [-0.4, -0.2) is 18.6 Å². The predicted octanol–water partition coefficient (Wildman–Crippen LogP) is 3.74. The van der Waals surface area contributed by atoms with Crippen molar-refractivity contribution in [2.45, 2.75) is 32.5 Å². The second kappa shape index (κ2) is 4.07. The minimum Gasteiger partial charge on any atom is -0.377 e. The third-order valence-corrected chi connectivity index (χ3v) is 3.11. The van der Waals surface area contributed by atoms with E-state index in [1.807, 2.05) is 20.8 Å². The summed E-state index contributed by atoms with van der Waals surface area (Å²) in [6, 6.07) is 3.88. The van der Waals surface area contributed by atoms with Crippen LogP contribution in [0.25, 0.3) is 0 Å². The molecule has 0 aliphatic carbocycles. The van der Waals surface area contributed by atoms with Crippen molar-refractivity contribution in [1.29, 1.82) is 0 Å². The van der Waals surface area contributed by atoms with Gasteiger partial charge in [-0.2, -0.15) is 13.2 Å². The Labute approximate surface area is 105 Å². The fourth-order valence-electron chi connectivity index (χ4n) is 2.34. The number of benzene rings is 1. The quantitative estimate of drug-likeness (QED) is 0.825. The van der Waals surface area contributed by atoms with E-state index in [4.69, 9.17) is 0 Å². The van der Waals surface area contributed by atoms with Gasteiger partial charge in [-0.15, -0.1) is 0 Å². The third-order valence-electron chi connectivity index (χ3n) is 3.11. The van der Waals surface area contributed by atoms with E-state index in [0.29, 0.717) is 5.69 Å². The van der Waals surface area contributed by atoms with Gasteiger partial charge in [0.15, 0.2) is 0 Å². The van der Waals surface area contributed by atoms with Crippen molar-refractivity contribution in [3.8, 4) is 0 Å². The van der Waals surface area contributed by atoms with Crippen LogP contribution >= 0.6 is 0 Å². The zero-order chi connectivity index (χ0) is 13.6. The molecule has 0 bridgehead atoms. The second-order valence-corrected chi connectivity index (χ2v) is 5.25. The van der Waals surface area contributed by atoms with Crippen LogP contribution in [0.2, 0.25) is 0 Å². The Morgan fingerprint density at radius 2 is 2.00 bits per heavy atom. The first-order chi connectivity index (χ1) is 8.23. The monoisotopic (exact) mass is 258 g/mol. The Morgan fingerprint density at radius 3 is 2.56 bits per heavy atom. The molecular weight excluding hydrogens is 241 g/mol. The number of likely N-dealkylation sites (N-methyl/N-ethyl adjacent to an activating group) is 1. The van der Waals surface area contributed by atoms with Crippen molar-refractivity contribution in [3.63, 3.8) is 0 Å². The number of rotatable bonds is 1. The van der Waals surface area contributed by atoms with Crippen molar-refractivity contribution >= 4 is 11.4 Å². The summed E-state index contributed by atoms with van der Waals surface area (Å²) in [7, 11) is 0. The number of fused-ring (bicyclic) bond motifs is 1. The van der Waals surface area contributed by atoms with Gasteiger partial charge in [0, 0.05) is 18.6 Å². The highest BCUT2D eigenvalue weighted by molar-refractivity contribution is 5.74. The summed E-state index contributed by atoms with van der Waals surface area (Å²) >= 11 is 0. The fraction of sp³-hybridized carbons (Fsp3) is 0.538. The van der Waals surface area contributed by atoms with Crippen molar-refractivity contribution in [2.24, 2.45) is 0 Å². The number of nitrogens with zero attached hydrogens (tertiary/aromatic N) is 1. The average molecular weight is 258 g/mol. The maximum atomic E-state index is 12.7. The highest BCUT2D eigenvalue weighted by atomic mass is 19.4. The number of anilines is 2. The SMILES string of the molecule is CCN1CC(C)(C)Nc2cc(C(F)(F)F)ccc21. The minimum atomic E-state index is -4.30. The molecule has 0 saturated heterocycles. The lowest BCUT2D eigenvalue weighted by molar-refractivity contribution is -0.137. The molecule has 1 heterocycles. The molecule has 2 nitrogen and oxygen atoms in total. The number of hydrogen-bond acceptors (Lipinski definition) is 2. The molecule has 1 aromatic carbocycles. The lowest BCUT2D eigenvalue weighted by Crippen LogP contribution is -2.48. The molecule has 0 amide bonds. The van der Waals surface area contributed by atoms with Crippen LogP contribution in [0.15, 0.2) is 18.2 Å². The van der Waals surface area contributed by atoms with Gasteiger partial charge in [-0.1, -0.05) is 0 Å². The van der Waals surface area contributed by atoms with Crippen LogP contribution in [0.4, 0.5) is 24.5 Å². The maximum Gasteiger partial charge on any atom is 0.416 e. The first-order valence-corrected chi connectivity index (χ1v) is 5.97. The maximum absolute atomic E-state index is 12.7. The summed E-state index contributed by atoms with van der Waals surface area (Å²) in [5, 5.41) is 3.17. The molecule has 0 fully saturated rings. The van der Waals surface area contributed by atoms with Crippen LogP contribution in [0.3, 0.4) is 0 Å². The molecule has 1 aromatic rings. The molecule has 1 aliphatic heterocycles. The Balaban J connectivity index is 2.46. The first-order valence-electron chi connectivity index (χ1n) is 5.97. The molecule has 5 heteroatoms. The van der Waals surface area contributed by atoms with E-state index in [9.17, 15) is 13.2 Å². The van der Waals surface area contributed by atoms with Crippen molar-refractivity contribution in [3.05, 3.63) is 23.8 Å². The Morgan fingerprint density at radius 1 is 1.33 bits per heavy atom. The number of hydrogen-bond donors (Lipinski definition) is 1. The van der Waals surface area contributed by atoms with Gasteiger partial charge in [0.1, 0.15) is 0 Å². The van der Waals surface area contributed by atoms with Gasteiger partial charge in [0.25, 0.3) is 0 Å². The summed E-state index contributed by atoms with van der Waals surface area (Å²) in [4.78, 5) is 2.09. The lowest BCUT2D eigenvalue weighted by atomic mass is 9.98. The normalized spacial score (nSPS) is 18.2. The molecule has 18 heavy (non-hydrogen) atoms. The van der Waals surface area contributed by atoms with Gasteiger partial charge < -0.3 is 10.2 Å². The summed E-state index contributed by atoms with van der Waals surface area (Å²) in [5.74, 6) is 0. The summed E-state index contributed by atoms with van der Waals surface area (Å²) in [5.41, 5.74) is 0.558. The highest BCUT2D eigenvalue weighted by Crippen LogP contribution is 2.39. The van der Waals surface area contributed by atoms with Crippen LogP contribution in [0.5, 0.6) is 0 Å². The van der Waals surface area contributed by atoms with Crippen LogP contribution < -0.4 is 10.2 Å². The molecule has 0 spiro atoms. The molecule has 1 aliphatic rings. The van der Waals surface area contributed by atoms with Gasteiger partial charge in [-0.25, -0.2) is 0 Å². The van der Waals surface area contributed by atoms with Crippen molar-refractivity contribution in [1.82, 2.24) is 0 Å². The molecule has 0 unspecified atom stereocenters. The zero-order valence-corrected chi connectivity index (χ0v) is 10.7. The van der Waals surface area contributed by atoms with E-state index in [0.717, 1.165) is 24.8 Å². The van der Waals surface area contributed by atoms with Gasteiger partial charge >= 0.3 is 6.18 Å². The predicted molar refractivity (Wildman–Crippen MR) is 67.0 cm³/mol. The van der Waals surface area contributed by atoms with Crippen LogP contribution in [0.1, 0.15) is 26.3 Å². The van der Waals surface area contributed by atoms with Gasteiger partial charge in [0.2, 0.25) is 0 Å². The highest BCUT2D eigenvalue weighted by Gasteiger charge is 2.34. The second-order valence-electron chi connectivity index (χ2n) is 5.25. The molecule has 100 valence electrons. The topological polar surface area (TPSA) is 15.3 Å². The smallest absolute Gasteiger partial charge is 0.377 e. The number of alkyl halides is 3. The standard InChI is InChI=1S/C13H17F3N2/c1-4-18-8-12(2,3)17-10-7-9(13(14,15)16)5-6-11(10)18/h5-7,17H,4,8H2,1-3H3. The number of halogens is 3. The fourth-order valence-corrected chi connectivity index (χ4v) is 2.34. The first kappa shape index (κ1) is 13.1. The lowest BCUT2D eigenvalue weighted by Gasteiger charge is -2.42. The van der Waals surface area contributed by atoms with Gasteiger partial charge in [-0.3, -0.25) is 0 Å². The van der Waals surface area contributed by atoms with Gasteiger partial charge in [-0.05, 0) is 39.0 Å². The molecule has 0 aromatic heterocycles. The summed E-state index contributed by atoms with van der Waals surface area (Å²) in [6.07, 6.45) is -4.30. The van der Waals surface area contributed by atoms with Crippen LogP contribution in [-0.2, 0) is 6.18 Å². The molecule has 0 saturated carbocycles. The van der Waals surface area contributed by atoms with Gasteiger partial charge in [0.05, 0.1) is 16.9 Å².